The molecule has 1 atom stereocenters. The predicted octanol–water partition coefficient (Wildman–Crippen LogP) is 2.83. The lowest BCUT2D eigenvalue weighted by Crippen LogP contribution is -2.43. The molecule has 1 aromatic heterocycles. The van der Waals surface area contributed by atoms with Crippen LogP contribution in [0.1, 0.15) is 30.0 Å². The molecular weight excluding hydrogens is 296 g/mol. The van der Waals surface area contributed by atoms with E-state index < -0.39 is 0 Å². The van der Waals surface area contributed by atoms with Crippen LogP contribution in [0.4, 0.5) is 5.82 Å². The molecule has 1 N–H and O–H groups in total. The van der Waals surface area contributed by atoms with E-state index in [0.29, 0.717) is 6.04 Å². The summed E-state index contributed by atoms with van der Waals surface area (Å²) in [6, 6.07) is 15.8. The summed E-state index contributed by atoms with van der Waals surface area (Å²) in [5, 5.41) is 3.39. The summed E-state index contributed by atoms with van der Waals surface area (Å²) < 4.78 is 0. The van der Waals surface area contributed by atoms with Gasteiger partial charge in [-0.15, -0.1) is 0 Å². The number of aromatic nitrogens is 1. The lowest BCUT2D eigenvalue weighted by molar-refractivity contribution is 0.248. The van der Waals surface area contributed by atoms with Crippen LogP contribution in [0, 0.1) is 0 Å². The van der Waals surface area contributed by atoms with Crippen LogP contribution < -0.4 is 10.2 Å². The average Bonchev–Trinajstić information content (AvgIpc) is 3.11. The van der Waals surface area contributed by atoms with Crippen LogP contribution in [0.15, 0.2) is 48.7 Å². The van der Waals surface area contributed by atoms with E-state index in [0.717, 1.165) is 38.5 Å². The molecule has 2 aromatic rings. The fourth-order valence-corrected chi connectivity index (χ4v) is 3.89. The van der Waals surface area contributed by atoms with E-state index in [4.69, 9.17) is 4.98 Å². The number of hydrogen-bond donors (Lipinski definition) is 1. The molecule has 4 heteroatoms. The van der Waals surface area contributed by atoms with E-state index in [2.05, 4.69) is 63.8 Å². The molecule has 2 fully saturated rings. The van der Waals surface area contributed by atoms with Gasteiger partial charge in [-0.05, 0) is 36.6 Å². The number of rotatable bonds is 4. The lowest BCUT2D eigenvalue weighted by atomic mass is 10.1. The second-order valence-electron chi connectivity index (χ2n) is 6.80. The van der Waals surface area contributed by atoms with Crippen molar-refractivity contribution < 1.29 is 0 Å². The lowest BCUT2D eigenvalue weighted by Gasteiger charge is -2.29. The number of piperazine rings is 1. The molecule has 4 rings (SSSR count). The van der Waals surface area contributed by atoms with Gasteiger partial charge in [0.1, 0.15) is 5.82 Å². The van der Waals surface area contributed by atoms with Crippen LogP contribution in [0.3, 0.4) is 0 Å². The molecule has 0 bridgehead atoms. The second kappa shape index (κ2) is 7.32. The Morgan fingerprint density at radius 1 is 1.00 bits per heavy atom. The zero-order valence-corrected chi connectivity index (χ0v) is 14.2. The third-order valence-electron chi connectivity index (χ3n) is 5.19. The summed E-state index contributed by atoms with van der Waals surface area (Å²) in [5.74, 6) is 1.12. The summed E-state index contributed by atoms with van der Waals surface area (Å²) in [6.07, 6.45) is 4.61. The van der Waals surface area contributed by atoms with Gasteiger partial charge in [-0.1, -0.05) is 36.4 Å². The van der Waals surface area contributed by atoms with Crippen molar-refractivity contribution in [2.45, 2.75) is 25.4 Å². The van der Waals surface area contributed by atoms with Crippen LogP contribution in [-0.4, -0.2) is 42.6 Å². The van der Waals surface area contributed by atoms with Crippen LogP contribution >= 0.6 is 0 Å². The van der Waals surface area contributed by atoms with Crippen LogP contribution in [0.25, 0.3) is 0 Å². The Morgan fingerprint density at radius 3 is 2.58 bits per heavy atom. The second-order valence-corrected chi connectivity index (χ2v) is 6.80. The topological polar surface area (TPSA) is 31.4 Å². The van der Waals surface area contributed by atoms with Gasteiger partial charge >= 0.3 is 0 Å². The number of hydrogen-bond acceptors (Lipinski definition) is 4. The maximum Gasteiger partial charge on any atom is 0.128 e. The van der Waals surface area contributed by atoms with Crippen LogP contribution in [-0.2, 0) is 6.54 Å². The van der Waals surface area contributed by atoms with Gasteiger partial charge in [-0.3, -0.25) is 4.90 Å². The molecule has 2 saturated heterocycles. The summed E-state index contributed by atoms with van der Waals surface area (Å²) in [7, 11) is 0. The van der Waals surface area contributed by atoms with Crippen molar-refractivity contribution in [3.05, 3.63) is 59.8 Å². The van der Waals surface area contributed by atoms with E-state index >= 15 is 0 Å². The number of pyridine rings is 1. The highest BCUT2D eigenvalue weighted by molar-refractivity contribution is 5.40. The molecule has 0 aliphatic carbocycles. The number of likely N-dealkylation sites (tertiary alicyclic amines) is 1. The maximum atomic E-state index is 4.76. The minimum atomic E-state index is 0.509. The van der Waals surface area contributed by atoms with Crippen molar-refractivity contribution in [1.29, 1.82) is 0 Å². The molecule has 0 spiro atoms. The van der Waals surface area contributed by atoms with Gasteiger partial charge in [0, 0.05) is 45.0 Å². The number of benzene rings is 1. The van der Waals surface area contributed by atoms with Crippen molar-refractivity contribution in [2.75, 3.05) is 37.6 Å². The first-order valence-corrected chi connectivity index (χ1v) is 9.10. The van der Waals surface area contributed by atoms with Gasteiger partial charge in [0.25, 0.3) is 0 Å². The number of anilines is 1. The van der Waals surface area contributed by atoms with Crippen LogP contribution in [0.5, 0.6) is 0 Å². The molecule has 0 amide bonds. The molecule has 0 radical (unpaired) electrons. The van der Waals surface area contributed by atoms with Gasteiger partial charge in [0.05, 0.1) is 0 Å². The van der Waals surface area contributed by atoms with Gasteiger partial charge < -0.3 is 10.2 Å². The Hall–Kier alpha value is -1.91. The average molecular weight is 322 g/mol. The molecule has 2 aliphatic heterocycles. The third-order valence-corrected chi connectivity index (χ3v) is 5.19. The number of nitrogens with zero attached hydrogens (tertiary/aromatic N) is 3. The van der Waals surface area contributed by atoms with E-state index in [9.17, 15) is 0 Å². The molecule has 24 heavy (non-hydrogen) atoms. The van der Waals surface area contributed by atoms with Crippen molar-refractivity contribution in [1.82, 2.24) is 15.2 Å². The normalized spacial score (nSPS) is 22.0. The maximum absolute atomic E-state index is 4.76. The highest BCUT2D eigenvalue weighted by Crippen LogP contribution is 2.33. The molecule has 0 saturated carbocycles. The Bertz CT molecular complexity index is 634. The monoisotopic (exact) mass is 322 g/mol. The molecule has 1 aromatic carbocycles. The standard InChI is InChI=1S/C20H26N4/c1-2-5-17(6-3-1)16-24-12-4-7-19(24)18-8-9-20(22-15-18)23-13-10-21-11-14-23/h1-3,5-6,8-9,15,19,21H,4,7,10-14,16H2. The Kier molecular flexibility index (Phi) is 4.76. The zero-order valence-electron chi connectivity index (χ0n) is 14.2. The SMILES string of the molecule is c1ccc(CN2CCCC2c2ccc(N3CCNCC3)nc2)cc1. The Morgan fingerprint density at radius 2 is 1.83 bits per heavy atom. The molecule has 2 aliphatic rings. The van der Waals surface area contributed by atoms with Gasteiger partial charge in [0.2, 0.25) is 0 Å². The summed E-state index contributed by atoms with van der Waals surface area (Å²) in [6.45, 7) is 6.42. The Labute approximate surface area is 144 Å². The Balaban J connectivity index is 1.46. The minimum absolute atomic E-state index is 0.509. The molecular formula is C20H26N4. The fourth-order valence-electron chi connectivity index (χ4n) is 3.89. The highest BCUT2D eigenvalue weighted by atomic mass is 15.2. The van der Waals surface area contributed by atoms with Crippen molar-refractivity contribution in [3.8, 4) is 0 Å². The van der Waals surface area contributed by atoms with Crippen molar-refractivity contribution in [2.24, 2.45) is 0 Å². The first kappa shape index (κ1) is 15.6. The third kappa shape index (κ3) is 3.45. The molecule has 126 valence electrons. The van der Waals surface area contributed by atoms with Crippen LogP contribution in [0.2, 0.25) is 0 Å². The molecule has 3 heterocycles. The summed E-state index contributed by atoms with van der Waals surface area (Å²) in [4.78, 5) is 9.73. The van der Waals surface area contributed by atoms with Gasteiger partial charge in [-0.25, -0.2) is 4.98 Å². The smallest absolute Gasteiger partial charge is 0.128 e. The predicted molar refractivity (Wildman–Crippen MR) is 98.1 cm³/mol. The quantitative estimate of drug-likeness (QED) is 0.938. The van der Waals surface area contributed by atoms with Gasteiger partial charge in [-0.2, -0.15) is 0 Å². The van der Waals surface area contributed by atoms with Crippen molar-refractivity contribution >= 4 is 5.82 Å². The highest BCUT2D eigenvalue weighted by Gasteiger charge is 2.26. The minimum Gasteiger partial charge on any atom is -0.354 e. The van der Waals surface area contributed by atoms with E-state index in [-0.39, 0.29) is 0 Å². The van der Waals surface area contributed by atoms with E-state index in [1.54, 1.807) is 0 Å². The first-order chi connectivity index (χ1) is 11.9. The largest absolute Gasteiger partial charge is 0.354 e. The van der Waals surface area contributed by atoms with E-state index in [1.807, 2.05) is 0 Å². The zero-order chi connectivity index (χ0) is 16.2. The van der Waals surface area contributed by atoms with E-state index in [1.165, 1.54) is 30.5 Å². The summed E-state index contributed by atoms with van der Waals surface area (Å²) in [5.41, 5.74) is 2.76. The summed E-state index contributed by atoms with van der Waals surface area (Å²) >= 11 is 0. The van der Waals surface area contributed by atoms with Crippen molar-refractivity contribution in [3.63, 3.8) is 0 Å². The number of nitrogens with one attached hydrogen (secondary N) is 1. The van der Waals surface area contributed by atoms with Gasteiger partial charge in [0.15, 0.2) is 0 Å². The first-order valence-electron chi connectivity index (χ1n) is 9.10. The molecule has 4 nitrogen and oxygen atoms in total. The molecule has 1 unspecified atom stereocenters. The fraction of sp³-hybridized carbons (Fsp3) is 0.450.